The van der Waals surface area contributed by atoms with E-state index in [4.69, 9.17) is 4.74 Å². The van der Waals surface area contributed by atoms with Crippen LogP contribution in [0.5, 0.6) is 5.75 Å². The van der Waals surface area contributed by atoms with Crippen LogP contribution in [0.3, 0.4) is 0 Å². The highest BCUT2D eigenvalue weighted by Crippen LogP contribution is 2.28. The van der Waals surface area contributed by atoms with Crippen molar-refractivity contribution >= 4 is 12.0 Å². The fourth-order valence-electron chi connectivity index (χ4n) is 5.06. The zero-order valence-corrected chi connectivity index (χ0v) is 22.3. The predicted molar refractivity (Wildman–Crippen MR) is 147 cm³/mol. The second kappa shape index (κ2) is 19.7. The Hall–Kier alpha value is -1.57. The van der Waals surface area contributed by atoms with Crippen molar-refractivity contribution in [3.63, 3.8) is 0 Å². The Morgan fingerprint density at radius 3 is 1.74 bits per heavy atom. The molecule has 1 aliphatic carbocycles. The lowest BCUT2D eigenvalue weighted by Crippen LogP contribution is -2.10. The molecule has 1 aliphatic rings. The van der Waals surface area contributed by atoms with Crippen molar-refractivity contribution in [2.75, 3.05) is 0 Å². The molecule has 0 unspecified atom stereocenters. The quantitative estimate of drug-likeness (QED) is 0.102. The maximum absolute atomic E-state index is 12.2. The number of allylic oxidation sites excluding steroid dienone is 1. The van der Waals surface area contributed by atoms with Crippen molar-refractivity contribution in [1.82, 2.24) is 0 Å². The van der Waals surface area contributed by atoms with Crippen LogP contribution in [0.1, 0.15) is 153 Å². The van der Waals surface area contributed by atoms with E-state index in [1.54, 1.807) is 0 Å². The highest BCUT2D eigenvalue weighted by molar-refractivity contribution is 5.73. The van der Waals surface area contributed by atoms with Gasteiger partial charge in [0.05, 0.1) is 0 Å². The van der Waals surface area contributed by atoms with Gasteiger partial charge in [-0.05, 0) is 30.9 Å². The second-order valence-electron chi connectivity index (χ2n) is 10.4. The van der Waals surface area contributed by atoms with Crippen molar-refractivity contribution in [2.45, 2.75) is 148 Å². The van der Waals surface area contributed by atoms with Gasteiger partial charge in [0.2, 0.25) is 0 Å². The molecule has 0 bridgehead atoms. The van der Waals surface area contributed by atoms with Crippen molar-refractivity contribution in [3.05, 3.63) is 35.4 Å². The molecule has 0 aromatic heterocycles. The molecule has 192 valence electrons. The van der Waals surface area contributed by atoms with E-state index < -0.39 is 0 Å². The number of unbranched alkanes of at least 4 members (excludes halogenated alkanes) is 18. The van der Waals surface area contributed by atoms with Crippen LogP contribution >= 0.6 is 0 Å². The number of esters is 1. The van der Waals surface area contributed by atoms with Gasteiger partial charge in [-0.3, -0.25) is 4.79 Å². The summed E-state index contributed by atoms with van der Waals surface area (Å²) in [4.78, 5) is 12.2. The lowest BCUT2D eigenvalue weighted by molar-refractivity contribution is -0.134. The molecule has 0 heterocycles. The highest BCUT2D eigenvalue weighted by Gasteiger charge is 2.13. The van der Waals surface area contributed by atoms with E-state index in [9.17, 15) is 4.79 Å². The highest BCUT2D eigenvalue weighted by atomic mass is 16.5. The first-order valence-corrected chi connectivity index (χ1v) is 14.8. The smallest absolute Gasteiger partial charge is 0.311 e. The molecule has 2 nitrogen and oxygen atoms in total. The fraction of sp³-hybridized carbons (Fsp3) is 0.719. The maximum Gasteiger partial charge on any atom is 0.311 e. The van der Waals surface area contributed by atoms with Crippen LogP contribution in [0.15, 0.2) is 24.3 Å². The largest absolute Gasteiger partial charge is 0.426 e. The monoisotopic (exact) mass is 468 g/mol. The summed E-state index contributed by atoms with van der Waals surface area (Å²) in [6.07, 6.45) is 32.9. The topological polar surface area (TPSA) is 26.3 Å². The molecule has 1 aromatic carbocycles. The Kier molecular flexibility index (Phi) is 16.6. The van der Waals surface area contributed by atoms with E-state index in [0.717, 1.165) is 31.4 Å². The minimum absolute atomic E-state index is 0.0741. The molecule has 0 radical (unpaired) electrons. The van der Waals surface area contributed by atoms with Gasteiger partial charge in [0.25, 0.3) is 0 Å². The Labute approximate surface area is 210 Å². The van der Waals surface area contributed by atoms with E-state index in [1.807, 2.05) is 12.1 Å². The SMILES string of the molecule is CCCCCCCCCCCCCCCCCCCCCC(=O)Oc1cccc2c1CCC=C2. The zero-order valence-electron chi connectivity index (χ0n) is 22.3. The van der Waals surface area contributed by atoms with Gasteiger partial charge < -0.3 is 4.74 Å². The summed E-state index contributed by atoms with van der Waals surface area (Å²) < 4.78 is 5.68. The van der Waals surface area contributed by atoms with Crippen LogP contribution in [0.4, 0.5) is 0 Å². The summed E-state index contributed by atoms with van der Waals surface area (Å²) in [5.41, 5.74) is 2.38. The summed E-state index contributed by atoms with van der Waals surface area (Å²) in [5.74, 6) is 0.694. The average molecular weight is 469 g/mol. The van der Waals surface area contributed by atoms with E-state index in [0.29, 0.717) is 6.42 Å². The molecule has 0 spiro atoms. The normalized spacial score (nSPS) is 12.6. The van der Waals surface area contributed by atoms with Crippen LogP contribution < -0.4 is 4.74 Å². The third-order valence-electron chi connectivity index (χ3n) is 7.24. The molecule has 0 amide bonds. The summed E-state index contributed by atoms with van der Waals surface area (Å²) in [6.45, 7) is 2.29. The predicted octanol–water partition coefficient (Wildman–Crippen LogP) is 10.4. The fourth-order valence-corrected chi connectivity index (χ4v) is 5.06. The summed E-state index contributed by atoms with van der Waals surface area (Å²) in [7, 11) is 0. The standard InChI is InChI=1S/C32H52O2/c1-2-3-4-5-6-7-8-9-10-11-12-13-14-15-16-17-18-19-20-28-32(33)34-31-27-23-25-29-24-21-22-26-30(29)31/h21,23-25,27H,2-20,22,26,28H2,1H3. The van der Waals surface area contributed by atoms with Crippen molar-refractivity contribution in [3.8, 4) is 5.75 Å². The van der Waals surface area contributed by atoms with Gasteiger partial charge in [0, 0.05) is 12.0 Å². The zero-order chi connectivity index (χ0) is 24.1. The first kappa shape index (κ1) is 28.7. The number of hydrogen-bond acceptors (Lipinski definition) is 2. The van der Waals surface area contributed by atoms with E-state index in [-0.39, 0.29) is 5.97 Å². The van der Waals surface area contributed by atoms with E-state index in [1.165, 1.54) is 120 Å². The van der Waals surface area contributed by atoms with Gasteiger partial charge in [0.15, 0.2) is 0 Å². The van der Waals surface area contributed by atoms with Crippen molar-refractivity contribution in [1.29, 1.82) is 0 Å². The molecule has 0 atom stereocenters. The third-order valence-corrected chi connectivity index (χ3v) is 7.24. The molecule has 34 heavy (non-hydrogen) atoms. The number of ether oxygens (including phenoxy) is 1. The molecule has 1 aromatic rings. The van der Waals surface area contributed by atoms with Crippen molar-refractivity contribution in [2.24, 2.45) is 0 Å². The molecule has 0 N–H and O–H groups in total. The molecular formula is C32H52O2. The Bertz CT molecular complexity index is 676. The van der Waals surface area contributed by atoms with Crippen LogP contribution in [0, 0.1) is 0 Å². The van der Waals surface area contributed by atoms with Crippen LogP contribution in [0.2, 0.25) is 0 Å². The van der Waals surface area contributed by atoms with Gasteiger partial charge in [-0.1, -0.05) is 147 Å². The molecule has 0 fully saturated rings. The lowest BCUT2D eigenvalue weighted by atomic mass is 9.96. The Balaban J connectivity index is 1.32. The Morgan fingerprint density at radius 2 is 1.21 bits per heavy atom. The molecule has 0 saturated heterocycles. The van der Waals surface area contributed by atoms with Gasteiger partial charge in [-0.25, -0.2) is 0 Å². The van der Waals surface area contributed by atoms with Crippen LogP contribution in [-0.4, -0.2) is 5.97 Å². The van der Waals surface area contributed by atoms with Gasteiger partial charge in [0.1, 0.15) is 5.75 Å². The first-order chi connectivity index (χ1) is 16.8. The number of benzene rings is 1. The van der Waals surface area contributed by atoms with Crippen molar-refractivity contribution < 1.29 is 9.53 Å². The maximum atomic E-state index is 12.2. The minimum Gasteiger partial charge on any atom is -0.426 e. The third kappa shape index (κ3) is 13.4. The van der Waals surface area contributed by atoms with Gasteiger partial charge in [-0.15, -0.1) is 0 Å². The summed E-state index contributed by atoms with van der Waals surface area (Å²) in [5, 5.41) is 0. The second-order valence-corrected chi connectivity index (χ2v) is 10.4. The summed E-state index contributed by atoms with van der Waals surface area (Å²) in [6, 6.07) is 6.02. The lowest BCUT2D eigenvalue weighted by Gasteiger charge is -2.15. The average Bonchev–Trinajstić information content (AvgIpc) is 2.85. The molecule has 2 rings (SSSR count). The molecular weight excluding hydrogens is 416 g/mol. The van der Waals surface area contributed by atoms with Gasteiger partial charge >= 0.3 is 5.97 Å². The molecule has 0 saturated carbocycles. The van der Waals surface area contributed by atoms with Crippen LogP contribution in [0.25, 0.3) is 6.08 Å². The summed E-state index contributed by atoms with van der Waals surface area (Å²) >= 11 is 0. The molecule has 0 aliphatic heterocycles. The number of carbonyl (C=O) groups excluding carboxylic acids is 1. The number of hydrogen-bond donors (Lipinski definition) is 0. The van der Waals surface area contributed by atoms with Crippen LogP contribution in [-0.2, 0) is 11.2 Å². The first-order valence-electron chi connectivity index (χ1n) is 14.8. The number of carbonyl (C=O) groups is 1. The number of rotatable bonds is 21. The Morgan fingerprint density at radius 1 is 0.706 bits per heavy atom. The van der Waals surface area contributed by atoms with E-state index in [2.05, 4.69) is 25.1 Å². The van der Waals surface area contributed by atoms with Gasteiger partial charge in [-0.2, -0.15) is 0 Å². The molecule has 2 heteroatoms. The van der Waals surface area contributed by atoms with E-state index >= 15 is 0 Å². The minimum atomic E-state index is -0.0741. The number of fused-ring (bicyclic) bond motifs is 1.